The van der Waals surface area contributed by atoms with Gasteiger partial charge >= 0.3 is 6.03 Å². The van der Waals surface area contributed by atoms with Gasteiger partial charge in [0.05, 0.1) is 5.69 Å². The summed E-state index contributed by atoms with van der Waals surface area (Å²) >= 11 is 0. The highest BCUT2D eigenvalue weighted by Gasteiger charge is 2.40. The van der Waals surface area contributed by atoms with Gasteiger partial charge in [-0.2, -0.15) is 0 Å². The number of hydrogen-bond donors (Lipinski definition) is 2. The van der Waals surface area contributed by atoms with Gasteiger partial charge in [0.25, 0.3) is 5.91 Å². The number of fused-ring (bicyclic) bond motifs is 2. The lowest BCUT2D eigenvalue weighted by atomic mass is 9.75. The summed E-state index contributed by atoms with van der Waals surface area (Å²) in [4.78, 5) is 25.4. The molecule has 0 bridgehead atoms. The molecule has 0 spiro atoms. The lowest BCUT2D eigenvalue weighted by molar-refractivity contribution is -0.115. The van der Waals surface area contributed by atoms with Crippen molar-refractivity contribution in [2.75, 3.05) is 4.90 Å². The summed E-state index contributed by atoms with van der Waals surface area (Å²) in [6, 6.07) is 19.7. The van der Waals surface area contributed by atoms with Crippen LogP contribution in [0, 0.1) is 0 Å². The van der Waals surface area contributed by atoms with Crippen molar-refractivity contribution in [3.05, 3.63) is 83.2 Å². The number of rotatable bonds is 2. The van der Waals surface area contributed by atoms with Crippen LogP contribution in [0.5, 0.6) is 0 Å². The summed E-state index contributed by atoms with van der Waals surface area (Å²) in [5, 5.41) is 4.71. The van der Waals surface area contributed by atoms with Crippen molar-refractivity contribution in [3.63, 3.8) is 0 Å². The normalized spacial score (nSPS) is 18.3. The highest BCUT2D eigenvalue weighted by molar-refractivity contribution is 6.13. The number of amides is 3. The third kappa shape index (κ3) is 2.64. The molecule has 2 N–H and O–H groups in total. The number of benzene rings is 2. The largest absolute Gasteiger partial charge is 0.440 e. The maximum atomic E-state index is 11.9. The molecule has 1 aromatic heterocycles. The number of nitrogens with one attached hydrogen (secondary N) is 2. The molecule has 1 fully saturated rings. The monoisotopic (exact) mass is 385 g/mol. The van der Waals surface area contributed by atoms with Crippen molar-refractivity contribution in [1.82, 2.24) is 10.6 Å². The van der Waals surface area contributed by atoms with Crippen molar-refractivity contribution >= 4 is 35.3 Å². The number of carbonyl (C=O) groups is 2. The van der Waals surface area contributed by atoms with E-state index < -0.39 is 11.9 Å². The SMILES string of the molecule is CC1(C)c2ccccc2N(c2ccccc2)c2oc(/C=C3/NC(=O)NC3=O)cc21. The quantitative estimate of drug-likeness (QED) is 0.501. The molecular weight excluding hydrogens is 366 g/mol. The van der Waals surface area contributed by atoms with E-state index in [9.17, 15) is 9.59 Å². The number of nitrogens with zero attached hydrogens (tertiary/aromatic N) is 1. The molecule has 6 heteroatoms. The van der Waals surface area contributed by atoms with Gasteiger partial charge in [-0.15, -0.1) is 0 Å². The van der Waals surface area contributed by atoms with E-state index in [0.29, 0.717) is 11.6 Å². The van der Waals surface area contributed by atoms with Gasteiger partial charge in [0.15, 0.2) is 0 Å². The Morgan fingerprint density at radius 3 is 2.38 bits per heavy atom. The summed E-state index contributed by atoms with van der Waals surface area (Å²) in [5.74, 6) is 0.743. The van der Waals surface area contributed by atoms with Crippen molar-refractivity contribution < 1.29 is 14.0 Å². The molecule has 0 unspecified atom stereocenters. The van der Waals surface area contributed by atoms with E-state index >= 15 is 0 Å². The fourth-order valence-corrected chi connectivity index (χ4v) is 3.99. The number of carbonyl (C=O) groups excluding carboxylic acids is 2. The molecule has 3 amide bonds. The predicted octanol–water partition coefficient (Wildman–Crippen LogP) is 4.57. The van der Waals surface area contributed by atoms with E-state index in [4.69, 9.17) is 4.42 Å². The van der Waals surface area contributed by atoms with E-state index in [0.717, 1.165) is 16.9 Å². The van der Waals surface area contributed by atoms with E-state index in [1.54, 1.807) is 6.08 Å². The maximum absolute atomic E-state index is 11.9. The minimum atomic E-state index is -0.531. The van der Waals surface area contributed by atoms with Crippen LogP contribution in [0.1, 0.15) is 30.7 Å². The average Bonchev–Trinajstić information content (AvgIpc) is 3.26. The topological polar surface area (TPSA) is 74.6 Å². The molecule has 5 rings (SSSR count). The summed E-state index contributed by atoms with van der Waals surface area (Å²) in [5.41, 5.74) is 4.11. The fourth-order valence-electron chi connectivity index (χ4n) is 3.99. The van der Waals surface area contributed by atoms with Crippen LogP contribution < -0.4 is 15.5 Å². The first kappa shape index (κ1) is 17.3. The van der Waals surface area contributed by atoms with Crippen LogP contribution in [0.3, 0.4) is 0 Å². The number of para-hydroxylation sites is 2. The Morgan fingerprint density at radius 2 is 1.66 bits per heavy atom. The van der Waals surface area contributed by atoms with Crippen LogP contribution in [-0.2, 0) is 10.2 Å². The molecule has 0 atom stereocenters. The average molecular weight is 385 g/mol. The van der Waals surface area contributed by atoms with Crippen molar-refractivity contribution in [3.8, 4) is 0 Å². The third-order valence-corrected chi connectivity index (χ3v) is 5.45. The van der Waals surface area contributed by atoms with Gasteiger partial charge in [0, 0.05) is 22.7 Å². The summed E-state index contributed by atoms with van der Waals surface area (Å²) in [6.07, 6.45) is 1.56. The summed E-state index contributed by atoms with van der Waals surface area (Å²) in [7, 11) is 0. The van der Waals surface area contributed by atoms with E-state index in [-0.39, 0.29) is 11.1 Å². The second-order valence-electron chi connectivity index (χ2n) is 7.65. The fraction of sp³-hybridized carbons (Fsp3) is 0.130. The highest BCUT2D eigenvalue weighted by Crippen LogP contribution is 2.52. The van der Waals surface area contributed by atoms with E-state index in [2.05, 4.69) is 41.5 Å². The van der Waals surface area contributed by atoms with Crippen molar-refractivity contribution in [2.24, 2.45) is 0 Å². The molecule has 0 saturated carbocycles. The molecule has 6 nitrogen and oxygen atoms in total. The second kappa shape index (κ2) is 6.10. The van der Waals surface area contributed by atoms with Gasteiger partial charge in [-0.25, -0.2) is 4.79 Å². The minimum absolute atomic E-state index is 0.169. The second-order valence-corrected chi connectivity index (χ2v) is 7.65. The molecule has 0 radical (unpaired) electrons. The lowest BCUT2D eigenvalue weighted by Crippen LogP contribution is -2.29. The van der Waals surface area contributed by atoms with Gasteiger partial charge in [-0.1, -0.05) is 50.2 Å². The summed E-state index contributed by atoms with van der Waals surface area (Å²) in [6.45, 7) is 4.31. The van der Waals surface area contributed by atoms with Gasteiger partial charge in [0.1, 0.15) is 11.5 Å². The first-order valence-electron chi connectivity index (χ1n) is 9.38. The molecule has 144 valence electrons. The maximum Gasteiger partial charge on any atom is 0.326 e. The molecule has 2 aliphatic rings. The van der Waals surface area contributed by atoms with Gasteiger partial charge in [-0.3, -0.25) is 15.0 Å². The lowest BCUT2D eigenvalue weighted by Gasteiger charge is -2.38. The minimum Gasteiger partial charge on any atom is -0.440 e. The molecule has 3 heterocycles. The van der Waals surface area contributed by atoms with E-state index in [1.807, 2.05) is 48.5 Å². The predicted molar refractivity (Wildman–Crippen MR) is 110 cm³/mol. The Labute approximate surface area is 167 Å². The Kier molecular flexibility index (Phi) is 3.64. The van der Waals surface area contributed by atoms with Crippen LogP contribution in [0.2, 0.25) is 0 Å². The van der Waals surface area contributed by atoms with E-state index in [1.165, 1.54) is 5.56 Å². The van der Waals surface area contributed by atoms with Gasteiger partial charge < -0.3 is 9.73 Å². The first-order valence-corrected chi connectivity index (χ1v) is 9.38. The Balaban J connectivity index is 1.71. The number of anilines is 3. The molecular formula is C23H19N3O3. The molecule has 1 saturated heterocycles. The van der Waals surface area contributed by atoms with Crippen LogP contribution in [0.15, 0.2) is 70.8 Å². The smallest absolute Gasteiger partial charge is 0.326 e. The third-order valence-electron chi connectivity index (χ3n) is 5.45. The molecule has 0 aliphatic carbocycles. The number of hydrogen-bond acceptors (Lipinski definition) is 4. The van der Waals surface area contributed by atoms with Gasteiger partial charge in [0.2, 0.25) is 5.88 Å². The standard InChI is InChI=1S/C23H19N3O3/c1-23(2)16-10-6-7-11-19(16)26(14-8-4-3-5-9-14)21-17(23)12-15(29-21)13-18-20(27)25-22(28)24-18/h3-13H,1-2H3,(H2,24,25,27,28)/b18-13+. The number of furan rings is 1. The van der Waals surface area contributed by atoms with Crippen molar-refractivity contribution in [2.45, 2.75) is 19.3 Å². The first-order chi connectivity index (χ1) is 13.9. The van der Waals surface area contributed by atoms with Crippen LogP contribution >= 0.6 is 0 Å². The molecule has 3 aromatic rings. The zero-order valence-electron chi connectivity index (χ0n) is 16.0. The van der Waals surface area contributed by atoms with Gasteiger partial charge in [-0.05, 0) is 29.8 Å². The van der Waals surface area contributed by atoms with Crippen LogP contribution in [0.4, 0.5) is 22.1 Å². The number of imide groups is 1. The highest BCUT2D eigenvalue weighted by atomic mass is 16.4. The Bertz CT molecular complexity index is 1180. The molecule has 2 aromatic carbocycles. The molecule has 29 heavy (non-hydrogen) atoms. The molecule has 2 aliphatic heterocycles. The zero-order chi connectivity index (χ0) is 20.2. The van der Waals surface area contributed by atoms with Crippen LogP contribution in [-0.4, -0.2) is 11.9 Å². The Hall–Kier alpha value is -3.80. The Morgan fingerprint density at radius 1 is 0.931 bits per heavy atom. The van der Waals surface area contributed by atoms with Crippen molar-refractivity contribution in [1.29, 1.82) is 0 Å². The van der Waals surface area contributed by atoms with Crippen LogP contribution in [0.25, 0.3) is 6.08 Å². The summed E-state index contributed by atoms with van der Waals surface area (Å²) < 4.78 is 6.23. The number of urea groups is 1. The zero-order valence-corrected chi connectivity index (χ0v) is 16.0.